The number of piperidine rings is 1. The fourth-order valence-electron chi connectivity index (χ4n) is 2.65. The third-order valence-corrected chi connectivity index (χ3v) is 5.71. The second kappa shape index (κ2) is 6.99. The Morgan fingerprint density at radius 1 is 1.37 bits per heavy atom. The summed E-state index contributed by atoms with van der Waals surface area (Å²) in [5, 5.41) is 12.4. The molecular formula is C12H24N2O4S. The number of nitrogens with one attached hydrogen (secondary N) is 1. The lowest BCUT2D eigenvalue weighted by Crippen LogP contribution is -2.48. The van der Waals surface area contributed by atoms with Crippen molar-refractivity contribution in [2.75, 3.05) is 38.6 Å². The summed E-state index contributed by atoms with van der Waals surface area (Å²) in [5.74, 6) is 0.183. The molecule has 2 aliphatic rings. The zero-order valence-corrected chi connectivity index (χ0v) is 12.1. The topological polar surface area (TPSA) is 78.9 Å². The van der Waals surface area contributed by atoms with Crippen molar-refractivity contribution in [3.8, 4) is 0 Å². The Hall–Kier alpha value is -0.210. The Morgan fingerprint density at radius 3 is 2.89 bits per heavy atom. The van der Waals surface area contributed by atoms with E-state index in [0.717, 1.165) is 13.0 Å². The highest BCUT2D eigenvalue weighted by molar-refractivity contribution is 7.89. The fraction of sp³-hybridized carbons (Fsp3) is 1.00. The van der Waals surface area contributed by atoms with Crippen LogP contribution < -0.4 is 5.32 Å². The van der Waals surface area contributed by atoms with Crippen molar-refractivity contribution in [1.82, 2.24) is 9.62 Å². The predicted octanol–water partition coefficient (Wildman–Crippen LogP) is -0.458. The average molecular weight is 292 g/mol. The summed E-state index contributed by atoms with van der Waals surface area (Å²) in [5.41, 5.74) is 0. The smallest absolute Gasteiger partial charge is 0.214 e. The minimum absolute atomic E-state index is 0.129. The lowest BCUT2D eigenvalue weighted by molar-refractivity contribution is -0.0304. The third-order valence-electron chi connectivity index (χ3n) is 3.84. The standard InChI is InChI=1S/C12H24N2O4S/c15-10-12-9-14(6-7-18-12)19(16,17)8-4-11-3-1-2-5-13-11/h11-13,15H,1-10H2. The van der Waals surface area contributed by atoms with Gasteiger partial charge in [0.05, 0.1) is 25.1 Å². The second-order valence-electron chi connectivity index (χ2n) is 5.28. The van der Waals surface area contributed by atoms with Crippen LogP contribution >= 0.6 is 0 Å². The van der Waals surface area contributed by atoms with Crippen molar-refractivity contribution in [2.45, 2.75) is 37.8 Å². The van der Waals surface area contributed by atoms with Crippen LogP contribution in [0, 0.1) is 0 Å². The van der Waals surface area contributed by atoms with E-state index in [1.165, 1.54) is 17.1 Å². The van der Waals surface area contributed by atoms with Crippen LogP contribution in [0.15, 0.2) is 0 Å². The number of aliphatic hydroxyl groups is 1. The van der Waals surface area contributed by atoms with Crippen molar-refractivity contribution in [2.24, 2.45) is 0 Å². The number of nitrogens with zero attached hydrogens (tertiary/aromatic N) is 1. The summed E-state index contributed by atoms with van der Waals surface area (Å²) in [7, 11) is -3.22. The zero-order chi connectivity index (χ0) is 13.7. The first-order valence-electron chi connectivity index (χ1n) is 7.05. The van der Waals surface area contributed by atoms with E-state index < -0.39 is 10.0 Å². The van der Waals surface area contributed by atoms with Gasteiger partial charge in [0.2, 0.25) is 10.0 Å². The van der Waals surface area contributed by atoms with Crippen molar-refractivity contribution in [1.29, 1.82) is 0 Å². The molecule has 0 aromatic carbocycles. The molecule has 0 amide bonds. The maximum absolute atomic E-state index is 12.3. The first kappa shape index (κ1) is 15.2. The van der Waals surface area contributed by atoms with Gasteiger partial charge in [0.15, 0.2) is 0 Å². The van der Waals surface area contributed by atoms with Gasteiger partial charge in [-0.25, -0.2) is 8.42 Å². The van der Waals surface area contributed by atoms with Gasteiger partial charge >= 0.3 is 0 Å². The van der Waals surface area contributed by atoms with Gasteiger partial charge in [-0.05, 0) is 25.8 Å². The number of rotatable bonds is 5. The van der Waals surface area contributed by atoms with Gasteiger partial charge in [0, 0.05) is 19.1 Å². The monoisotopic (exact) mass is 292 g/mol. The minimum Gasteiger partial charge on any atom is -0.394 e. The number of hydrogen-bond acceptors (Lipinski definition) is 5. The van der Waals surface area contributed by atoms with Crippen LogP contribution in [0.3, 0.4) is 0 Å². The molecule has 2 N–H and O–H groups in total. The molecule has 0 aliphatic carbocycles. The summed E-state index contributed by atoms with van der Waals surface area (Å²) in [6, 6.07) is 0.332. The van der Waals surface area contributed by atoms with Gasteiger partial charge in [0.1, 0.15) is 0 Å². The molecule has 0 aromatic heterocycles. The van der Waals surface area contributed by atoms with Gasteiger partial charge in [-0.15, -0.1) is 0 Å². The van der Waals surface area contributed by atoms with Gasteiger partial charge in [-0.3, -0.25) is 0 Å². The summed E-state index contributed by atoms with van der Waals surface area (Å²) in [6.45, 7) is 1.91. The number of ether oxygens (including phenoxy) is 1. The van der Waals surface area contributed by atoms with Crippen molar-refractivity contribution in [3.63, 3.8) is 0 Å². The van der Waals surface area contributed by atoms with Gasteiger partial charge < -0.3 is 15.2 Å². The minimum atomic E-state index is -3.22. The lowest BCUT2D eigenvalue weighted by atomic mass is 10.0. The molecule has 0 aromatic rings. The van der Waals surface area contributed by atoms with Gasteiger partial charge in [0.25, 0.3) is 0 Å². The second-order valence-corrected chi connectivity index (χ2v) is 7.37. The van der Waals surface area contributed by atoms with E-state index in [4.69, 9.17) is 9.84 Å². The first-order chi connectivity index (χ1) is 9.12. The SMILES string of the molecule is O=S(=O)(CCC1CCCCN1)N1CCOC(CO)C1. The molecule has 2 fully saturated rings. The number of sulfonamides is 1. The van der Waals surface area contributed by atoms with E-state index in [0.29, 0.717) is 25.6 Å². The van der Waals surface area contributed by atoms with E-state index in [9.17, 15) is 8.42 Å². The Bertz CT molecular complexity index is 368. The molecule has 112 valence electrons. The van der Waals surface area contributed by atoms with Crippen molar-refractivity contribution >= 4 is 10.0 Å². The van der Waals surface area contributed by atoms with Crippen LogP contribution in [0.5, 0.6) is 0 Å². The van der Waals surface area contributed by atoms with Crippen LogP contribution in [0.1, 0.15) is 25.7 Å². The fourth-order valence-corrected chi connectivity index (χ4v) is 4.23. The third kappa shape index (κ3) is 4.39. The summed E-state index contributed by atoms with van der Waals surface area (Å²) in [6.07, 6.45) is 3.73. The van der Waals surface area contributed by atoms with Crippen molar-refractivity contribution < 1.29 is 18.3 Å². The van der Waals surface area contributed by atoms with E-state index in [1.807, 2.05) is 0 Å². The molecule has 0 saturated carbocycles. The Morgan fingerprint density at radius 2 is 2.21 bits per heavy atom. The van der Waals surface area contributed by atoms with Crippen LogP contribution in [0.2, 0.25) is 0 Å². The highest BCUT2D eigenvalue weighted by atomic mass is 32.2. The normalized spacial score (nSPS) is 30.4. The summed E-state index contributed by atoms with van der Waals surface area (Å²) < 4.78 is 31.2. The van der Waals surface area contributed by atoms with Crippen LogP contribution in [-0.2, 0) is 14.8 Å². The molecule has 0 radical (unpaired) electrons. The van der Waals surface area contributed by atoms with Gasteiger partial charge in [-0.1, -0.05) is 6.42 Å². The lowest BCUT2D eigenvalue weighted by Gasteiger charge is -2.32. The Balaban J connectivity index is 1.83. The first-order valence-corrected chi connectivity index (χ1v) is 8.66. The molecule has 7 heteroatoms. The summed E-state index contributed by atoms with van der Waals surface area (Å²) in [4.78, 5) is 0. The van der Waals surface area contributed by atoms with E-state index in [2.05, 4.69) is 5.32 Å². The maximum atomic E-state index is 12.3. The molecule has 0 spiro atoms. The van der Waals surface area contributed by atoms with Crippen molar-refractivity contribution in [3.05, 3.63) is 0 Å². The molecule has 2 unspecified atom stereocenters. The van der Waals surface area contributed by atoms with E-state index >= 15 is 0 Å². The quantitative estimate of drug-likeness (QED) is 0.717. The number of hydrogen-bond donors (Lipinski definition) is 2. The molecule has 2 heterocycles. The van der Waals surface area contributed by atoms with Crippen LogP contribution in [0.25, 0.3) is 0 Å². The van der Waals surface area contributed by atoms with Crippen LogP contribution in [-0.4, -0.2) is 68.6 Å². The van der Waals surface area contributed by atoms with E-state index in [-0.39, 0.29) is 25.0 Å². The molecule has 6 nitrogen and oxygen atoms in total. The molecular weight excluding hydrogens is 268 g/mol. The Kier molecular flexibility index (Phi) is 5.58. The van der Waals surface area contributed by atoms with Crippen LogP contribution in [0.4, 0.5) is 0 Å². The molecule has 0 bridgehead atoms. The average Bonchev–Trinajstić information content (AvgIpc) is 2.46. The van der Waals surface area contributed by atoms with E-state index in [1.54, 1.807) is 0 Å². The number of aliphatic hydroxyl groups excluding tert-OH is 1. The zero-order valence-electron chi connectivity index (χ0n) is 11.3. The predicted molar refractivity (Wildman–Crippen MR) is 72.4 cm³/mol. The molecule has 2 atom stereocenters. The highest BCUT2D eigenvalue weighted by Crippen LogP contribution is 2.15. The molecule has 2 saturated heterocycles. The molecule has 19 heavy (non-hydrogen) atoms. The highest BCUT2D eigenvalue weighted by Gasteiger charge is 2.29. The maximum Gasteiger partial charge on any atom is 0.214 e. The summed E-state index contributed by atoms with van der Waals surface area (Å²) >= 11 is 0. The number of morpholine rings is 1. The Labute approximate surface area is 115 Å². The van der Waals surface area contributed by atoms with Gasteiger partial charge in [-0.2, -0.15) is 4.31 Å². The molecule has 2 rings (SSSR count). The molecule has 2 aliphatic heterocycles. The largest absolute Gasteiger partial charge is 0.394 e.